The van der Waals surface area contributed by atoms with Crippen LogP contribution in [0, 0.1) is 0 Å². The van der Waals surface area contributed by atoms with Crippen molar-refractivity contribution < 1.29 is 4.74 Å². The van der Waals surface area contributed by atoms with Crippen molar-refractivity contribution in [3.8, 4) is 11.3 Å². The Morgan fingerprint density at radius 2 is 1.97 bits per heavy atom. The molecule has 1 aliphatic rings. The highest BCUT2D eigenvalue weighted by Gasteiger charge is 2.19. The number of ether oxygens (including phenoxy) is 1. The van der Waals surface area contributed by atoms with Crippen LogP contribution < -0.4 is 11.0 Å². The van der Waals surface area contributed by atoms with E-state index < -0.39 is 0 Å². The van der Waals surface area contributed by atoms with Gasteiger partial charge in [0.05, 0.1) is 24.6 Å². The molecule has 2 N–H and O–H groups in total. The molecule has 3 aromatic rings. The Balaban J connectivity index is 1.61. The zero-order chi connectivity index (χ0) is 20.8. The number of H-pyrrole nitrogens is 1. The number of morpholine rings is 1. The number of fused-ring (bicyclic) bond motifs is 1. The van der Waals surface area contributed by atoms with E-state index in [9.17, 15) is 4.79 Å². The first-order valence-corrected chi connectivity index (χ1v) is 10.9. The van der Waals surface area contributed by atoms with Crippen LogP contribution in [0.25, 0.3) is 16.9 Å². The molecule has 1 fully saturated rings. The van der Waals surface area contributed by atoms with Crippen LogP contribution >= 0.6 is 0 Å². The van der Waals surface area contributed by atoms with E-state index in [0.717, 1.165) is 82.0 Å². The fraction of sp³-hybridized carbons (Fsp3) is 0.500. The number of unbranched alkanes of at least 4 members (excludes halogenated alkanes) is 1. The Morgan fingerprint density at radius 1 is 1.17 bits per heavy atom. The Kier molecular flexibility index (Phi) is 6.76. The smallest absolute Gasteiger partial charge is 0.348 e. The molecule has 0 amide bonds. The van der Waals surface area contributed by atoms with Gasteiger partial charge in [0.1, 0.15) is 0 Å². The molecule has 0 atom stereocenters. The molecule has 0 spiro atoms. The van der Waals surface area contributed by atoms with E-state index in [1.165, 1.54) is 0 Å². The number of hydrogen-bond acceptors (Lipinski definition) is 6. The van der Waals surface area contributed by atoms with Gasteiger partial charge >= 0.3 is 5.69 Å². The second kappa shape index (κ2) is 9.86. The van der Waals surface area contributed by atoms with Crippen molar-refractivity contribution in [2.45, 2.75) is 32.6 Å². The van der Waals surface area contributed by atoms with Crippen LogP contribution in [0.2, 0.25) is 0 Å². The quantitative estimate of drug-likeness (QED) is 0.527. The van der Waals surface area contributed by atoms with Crippen molar-refractivity contribution in [1.82, 2.24) is 24.5 Å². The van der Waals surface area contributed by atoms with E-state index >= 15 is 0 Å². The average molecular weight is 411 g/mol. The van der Waals surface area contributed by atoms with Crippen LogP contribution in [0.5, 0.6) is 0 Å². The van der Waals surface area contributed by atoms with Crippen molar-refractivity contribution in [2.24, 2.45) is 0 Å². The monoisotopic (exact) mass is 410 g/mol. The van der Waals surface area contributed by atoms with Gasteiger partial charge in [0, 0.05) is 25.2 Å². The van der Waals surface area contributed by atoms with Crippen molar-refractivity contribution in [1.29, 1.82) is 0 Å². The molecule has 1 aliphatic heterocycles. The molecule has 2 aromatic heterocycles. The Labute approximate surface area is 176 Å². The van der Waals surface area contributed by atoms with Crippen LogP contribution in [-0.4, -0.2) is 63.9 Å². The summed E-state index contributed by atoms with van der Waals surface area (Å²) in [6, 6.07) is 9.96. The number of benzene rings is 1. The lowest BCUT2D eigenvalue weighted by Crippen LogP contribution is -2.37. The van der Waals surface area contributed by atoms with Gasteiger partial charge in [0.25, 0.3) is 0 Å². The number of aryl methyl sites for hydroxylation is 1. The first-order chi connectivity index (χ1) is 14.8. The maximum atomic E-state index is 12.7. The largest absolute Gasteiger partial charge is 0.379 e. The molecular formula is C22H30N6O2. The highest BCUT2D eigenvalue weighted by Crippen LogP contribution is 2.26. The third-order valence-corrected chi connectivity index (χ3v) is 5.49. The lowest BCUT2D eigenvalue weighted by molar-refractivity contribution is 0.0378. The zero-order valence-corrected chi connectivity index (χ0v) is 17.6. The van der Waals surface area contributed by atoms with E-state index in [4.69, 9.17) is 9.72 Å². The summed E-state index contributed by atoms with van der Waals surface area (Å²) in [5, 5.41) is 10.3. The summed E-state index contributed by atoms with van der Waals surface area (Å²) in [6.07, 6.45) is 3.89. The van der Waals surface area contributed by atoms with Crippen molar-refractivity contribution >= 4 is 11.5 Å². The van der Waals surface area contributed by atoms with E-state index in [0.29, 0.717) is 11.5 Å². The first kappa shape index (κ1) is 20.6. The van der Waals surface area contributed by atoms with Crippen molar-refractivity contribution in [3.05, 3.63) is 46.5 Å². The third kappa shape index (κ3) is 4.55. The number of aromatic amines is 1. The van der Waals surface area contributed by atoms with Gasteiger partial charge in [-0.2, -0.15) is 0 Å². The van der Waals surface area contributed by atoms with Gasteiger partial charge in [-0.25, -0.2) is 19.3 Å². The van der Waals surface area contributed by atoms with E-state index in [1.54, 1.807) is 4.40 Å². The van der Waals surface area contributed by atoms with Gasteiger partial charge in [-0.1, -0.05) is 43.7 Å². The molecule has 30 heavy (non-hydrogen) atoms. The normalized spacial score (nSPS) is 15.0. The predicted octanol–water partition coefficient (Wildman–Crippen LogP) is 2.56. The lowest BCUT2D eigenvalue weighted by Gasteiger charge is -2.26. The molecule has 0 unspecified atom stereocenters. The van der Waals surface area contributed by atoms with Crippen LogP contribution in [-0.2, 0) is 11.2 Å². The SMILES string of the molecule is CCCCc1nc(NCCCN2CCOCC2)c2n[nH]c(=O)n2c1-c1ccccc1. The zero-order valence-electron chi connectivity index (χ0n) is 17.6. The van der Waals surface area contributed by atoms with Gasteiger partial charge in [0.15, 0.2) is 5.82 Å². The molecule has 8 nitrogen and oxygen atoms in total. The van der Waals surface area contributed by atoms with Gasteiger partial charge in [0.2, 0.25) is 5.65 Å². The molecule has 160 valence electrons. The number of rotatable bonds is 9. The fourth-order valence-electron chi connectivity index (χ4n) is 3.89. The lowest BCUT2D eigenvalue weighted by atomic mass is 10.1. The van der Waals surface area contributed by atoms with Crippen molar-refractivity contribution in [2.75, 3.05) is 44.7 Å². The summed E-state index contributed by atoms with van der Waals surface area (Å²) >= 11 is 0. The first-order valence-electron chi connectivity index (χ1n) is 10.9. The molecule has 4 rings (SSSR count). The number of nitrogens with one attached hydrogen (secondary N) is 2. The summed E-state index contributed by atoms with van der Waals surface area (Å²) in [5.74, 6) is 0.668. The number of hydrogen-bond donors (Lipinski definition) is 2. The van der Waals surface area contributed by atoms with Gasteiger partial charge in [-0.3, -0.25) is 4.90 Å². The summed E-state index contributed by atoms with van der Waals surface area (Å²) in [4.78, 5) is 20.0. The molecule has 3 heterocycles. The molecule has 8 heteroatoms. The van der Waals surface area contributed by atoms with Crippen LogP contribution in [0.3, 0.4) is 0 Å². The van der Waals surface area contributed by atoms with Gasteiger partial charge in [-0.05, 0) is 25.8 Å². The molecule has 0 saturated carbocycles. The van der Waals surface area contributed by atoms with Crippen molar-refractivity contribution in [3.63, 3.8) is 0 Å². The highest BCUT2D eigenvalue weighted by atomic mass is 16.5. The summed E-state index contributed by atoms with van der Waals surface area (Å²) in [5.41, 5.74) is 3.04. The van der Waals surface area contributed by atoms with E-state index in [2.05, 4.69) is 27.3 Å². The Hall–Kier alpha value is -2.71. The minimum Gasteiger partial charge on any atom is -0.379 e. The van der Waals surface area contributed by atoms with E-state index in [-0.39, 0.29) is 5.69 Å². The molecule has 0 aliphatic carbocycles. The molecule has 1 aromatic carbocycles. The number of anilines is 1. The molecule has 0 bridgehead atoms. The number of nitrogens with zero attached hydrogens (tertiary/aromatic N) is 4. The standard InChI is InChI=1S/C22H30N6O2/c1-2-3-10-18-19(17-8-5-4-6-9-17)28-21(25-26-22(28)29)20(24-18)23-11-7-12-27-13-15-30-16-14-27/h4-6,8-9H,2-3,7,10-16H2,1H3,(H,23,24)(H,26,29). The van der Waals surface area contributed by atoms with Gasteiger partial charge in [-0.15, -0.1) is 5.10 Å². The minimum atomic E-state index is -0.236. The maximum Gasteiger partial charge on any atom is 0.348 e. The predicted molar refractivity (Wildman–Crippen MR) is 118 cm³/mol. The number of aromatic nitrogens is 4. The maximum absolute atomic E-state index is 12.7. The van der Waals surface area contributed by atoms with Crippen LogP contribution in [0.15, 0.2) is 35.1 Å². The summed E-state index contributed by atoms with van der Waals surface area (Å²) < 4.78 is 7.07. The van der Waals surface area contributed by atoms with Crippen LogP contribution in [0.1, 0.15) is 31.9 Å². The van der Waals surface area contributed by atoms with Crippen LogP contribution in [0.4, 0.5) is 5.82 Å². The second-order valence-electron chi connectivity index (χ2n) is 7.65. The van der Waals surface area contributed by atoms with E-state index in [1.807, 2.05) is 30.3 Å². The molecule has 0 radical (unpaired) electrons. The van der Waals surface area contributed by atoms with Gasteiger partial charge < -0.3 is 10.1 Å². The second-order valence-corrected chi connectivity index (χ2v) is 7.65. The fourth-order valence-corrected chi connectivity index (χ4v) is 3.89. The molecular weight excluding hydrogens is 380 g/mol. The summed E-state index contributed by atoms with van der Waals surface area (Å²) in [6.45, 7) is 7.56. The highest BCUT2D eigenvalue weighted by molar-refractivity contribution is 5.72. The average Bonchev–Trinajstić information content (AvgIpc) is 3.18. The summed E-state index contributed by atoms with van der Waals surface area (Å²) in [7, 11) is 0. The Morgan fingerprint density at radius 3 is 2.73 bits per heavy atom. The molecule has 1 saturated heterocycles. The minimum absolute atomic E-state index is 0.236. The topological polar surface area (TPSA) is 87.5 Å². The third-order valence-electron chi connectivity index (χ3n) is 5.49. The Bertz CT molecular complexity index is 1010.